The number of benzene rings is 2. The number of methoxy groups -OCH3 is 1. The number of H-pyrrole nitrogens is 1. The van der Waals surface area contributed by atoms with E-state index in [1.807, 2.05) is 18.2 Å². The summed E-state index contributed by atoms with van der Waals surface area (Å²) in [5.74, 6) is -1.44. The Morgan fingerprint density at radius 3 is 2.62 bits per heavy atom. The quantitative estimate of drug-likeness (QED) is 0.296. The Balaban J connectivity index is 1.58. The van der Waals surface area contributed by atoms with Gasteiger partial charge in [-0.1, -0.05) is 54.2 Å². The van der Waals surface area contributed by atoms with Crippen molar-refractivity contribution in [1.29, 1.82) is 0 Å². The van der Waals surface area contributed by atoms with Gasteiger partial charge in [-0.25, -0.2) is 9.18 Å². The summed E-state index contributed by atoms with van der Waals surface area (Å²) in [4.78, 5) is 41.9. The molecule has 2 heterocycles. The van der Waals surface area contributed by atoms with E-state index in [1.165, 1.54) is 29.9 Å². The summed E-state index contributed by atoms with van der Waals surface area (Å²) >= 11 is 0.912. The molecule has 192 valence electrons. The van der Waals surface area contributed by atoms with Crippen LogP contribution in [0.15, 0.2) is 73.8 Å². The molecule has 2 aromatic heterocycles. The lowest BCUT2D eigenvalue weighted by Crippen LogP contribution is -2.43. The summed E-state index contributed by atoms with van der Waals surface area (Å²) in [5, 5.41) is 7.72. The molecular weight excluding hydrogens is 503 g/mol. The number of carbonyl (C=O) groups excluding carboxylic acids is 1. The number of aromatic nitrogens is 4. The molecule has 4 rings (SSSR count). The lowest BCUT2D eigenvalue weighted by atomic mass is 10.2. The summed E-state index contributed by atoms with van der Waals surface area (Å²) in [6, 6.07) is 15.0. The minimum atomic E-state index is -0.805. The Morgan fingerprint density at radius 1 is 1.16 bits per heavy atom. The SMILES string of the molecule is COCCN(C(=O)CSc1nnc(-c2ccccc2F)o1)c1c(N)n(Cc2ccccc2)c(=O)[nH]c1=O. The van der Waals surface area contributed by atoms with E-state index >= 15 is 0 Å². The Hall–Kier alpha value is -4.23. The number of thioether (sulfide) groups is 1. The van der Waals surface area contributed by atoms with Gasteiger partial charge in [-0.15, -0.1) is 10.2 Å². The minimum Gasteiger partial charge on any atom is -0.411 e. The van der Waals surface area contributed by atoms with Gasteiger partial charge in [-0.3, -0.25) is 19.1 Å². The van der Waals surface area contributed by atoms with E-state index in [0.717, 1.165) is 22.2 Å². The predicted molar refractivity (Wildman–Crippen MR) is 136 cm³/mol. The monoisotopic (exact) mass is 526 g/mol. The second kappa shape index (κ2) is 11.7. The molecule has 2 aromatic carbocycles. The van der Waals surface area contributed by atoms with E-state index in [1.54, 1.807) is 18.2 Å². The first-order valence-electron chi connectivity index (χ1n) is 11.1. The molecule has 0 saturated heterocycles. The normalized spacial score (nSPS) is 11.0. The molecule has 0 aliphatic rings. The number of hydrogen-bond donors (Lipinski definition) is 2. The fourth-order valence-corrected chi connectivity index (χ4v) is 4.16. The number of amides is 1. The highest BCUT2D eigenvalue weighted by Gasteiger charge is 2.25. The van der Waals surface area contributed by atoms with Crippen LogP contribution in [-0.4, -0.2) is 51.7 Å². The number of carbonyl (C=O) groups is 1. The zero-order valence-corrected chi connectivity index (χ0v) is 20.5. The molecule has 0 aliphatic carbocycles. The smallest absolute Gasteiger partial charge is 0.330 e. The van der Waals surface area contributed by atoms with Gasteiger partial charge in [0.1, 0.15) is 11.6 Å². The average molecular weight is 527 g/mol. The van der Waals surface area contributed by atoms with Crippen LogP contribution in [0.3, 0.4) is 0 Å². The molecule has 11 nitrogen and oxygen atoms in total. The van der Waals surface area contributed by atoms with Crippen molar-refractivity contribution in [2.75, 3.05) is 36.6 Å². The molecule has 1 amide bonds. The summed E-state index contributed by atoms with van der Waals surface area (Å²) in [6.45, 7) is 0.194. The van der Waals surface area contributed by atoms with E-state index < -0.39 is 23.0 Å². The van der Waals surface area contributed by atoms with E-state index in [-0.39, 0.29) is 53.6 Å². The number of rotatable bonds is 10. The van der Waals surface area contributed by atoms with E-state index in [2.05, 4.69) is 15.2 Å². The zero-order valence-electron chi connectivity index (χ0n) is 19.7. The fourth-order valence-electron chi connectivity index (χ4n) is 3.52. The first kappa shape index (κ1) is 25.9. The van der Waals surface area contributed by atoms with Crippen molar-refractivity contribution in [1.82, 2.24) is 19.7 Å². The van der Waals surface area contributed by atoms with Gasteiger partial charge < -0.3 is 19.8 Å². The molecular formula is C24H23FN6O5S. The van der Waals surface area contributed by atoms with E-state index in [0.29, 0.717) is 0 Å². The predicted octanol–water partition coefficient (Wildman–Crippen LogP) is 2.13. The topological polar surface area (TPSA) is 149 Å². The lowest BCUT2D eigenvalue weighted by Gasteiger charge is -2.24. The van der Waals surface area contributed by atoms with Gasteiger partial charge in [0.15, 0.2) is 5.69 Å². The number of nitrogens with two attached hydrogens (primary N) is 1. The standard InChI is InChI=1S/C24H23FN6O5S/c1-35-12-11-30(18(32)14-37-24-29-28-22(36-24)16-9-5-6-10-17(16)25)19-20(26)31(23(34)27-21(19)33)13-15-7-3-2-4-8-15/h2-10H,11-14,26H2,1H3,(H,27,33,34). The third-order valence-corrected chi connectivity index (χ3v) is 6.12. The van der Waals surface area contributed by atoms with Crippen molar-refractivity contribution in [3.63, 3.8) is 0 Å². The highest BCUT2D eigenvalue weighted by atomic mass is 32.2. The molecule has 0 radical (unpaired) electrons. The number of nitrogens with zero attached hydrogens (tertiary/aromatic N) is 4. The maximum absolute atomic E-state index is 14.0. The second-order valence-electron chi connectivity index (χ2n) is 7.74. The van der Waals surface area contributed by atoms with Crippen molar-refractivity contribution < 1.29 is 18.3 Å². The average Bonchev–Trinajstić information content (AvgIpc) is 3.36. The zero-order chi connectivity index (χ0) is 26.4. The highest BCUT2D eigenvalue weighted by Crippen LogP contribution is 2.26. The fraction of sp³-hybridized carbons (Fsp3) is 0.208. The third kappa shape index (κ3) is 5.95. The Labute approximate surface area is 214 Å². The molecule has 0 unspecified atom stereocenters. The van der Waals surface area contributed by atoms with Gasteiger partial charge in [-0.05, 0) is 17.7 Å². The minimum absolute atomic E-state index is 0.00295. The largest absolute Gasteiger partial charge is 0.411 e. The molecule has 4 aromatic rings. The van der Waals surface area contributed by atoms with E-state index in [9.17, 15) is 18.8 Å². The van der Waals surface area contributed by atoms with Crippen LogP contribution in [-0.2, 0) is 16.1 Å². The van der Waals surface area contributed by atoms with Crippen LogP contribution in [0.4, 0.5) is 15.9 Å². The maximum Gasteiger partial charge on any atom is 0.330 e. The number of nitrogen functional groups attached to an aromatic ring is 1. The van der Waals surface area contributed by atoms with Crippen LogP contribution < -0.4 is 21.9 Å². The number of halogens is 1. The van der Waals surface area contributed by atoms with Crippen LogP contribution in [0.2, 0.25) is 0 Å². The van der Waals surface area contributed by atoms with Crippen LogP contribution in [0.25, 0.3) is 11.5 Å². The summed E-state index contributed by atoms with van der Waals surface area (Å²) in [7, 11) is 1.45. The second-order valence-corrected chi connectivity index (χ2v) is 8.67. The summed E-state index contributed by atoms with van der Waals surface area (Å²) in [5.41, 5.74) is 5.50. The van der Waals surface area contributed by atoms with Gasteiger partial charge in [0, 0.05) is 13.7 Å². The summed E-state index contributed by atoms with van der Waals surface area (Å²) in [6.07, 6.45) is 0. The van der Waals surface area contributed by atoms with Gasteiger partial charge in [-0.2, -0.15) is 0 Å². The Kier molecular flexibility index (Phi) is 8.15. The molecule has 0 atom stereocenters. The molecule has 0 spiro atoms. The molecule has 3 N–H and O–H groups in total. The molecule has 0 aliphatic heterocycles. The number of hydrogen-bond acceptors (Lipinski definition) is 9. The highest BCUT2D eigenvalue weighted by molar-refractivity contribution is 7.99. The number of aromatic amines is 1. The lowest BCUT2D eigenvalue weighted by molar-refractivity contribution is -0.116. The number of anilines is 2. The third-order valence-electron chi connectivity index (χ3n) is 5.32. The van der Waals surface area contributed by atoms with Crippen molar-refractivity contribution >= 4 is 29.2 Å². The van der Waals surface area contributed by atoms with Crippen molar-refractivity contribution in [3.8, 4) is 11.5 Å². The van der Waals surface area contributed by atoms with Crippen molar-refractivity contribution in [2.45, 2.75) is 11.8 Å². The first-order valence-corrected chi connectivity index (χ1v) is 12.0. The van der Waals surface area contributed by atoms with Crippen LogP contribution >= 0.6 is 11.8 Å². The molecule has 0 bridgehead atoms. The first-order chi connectivity index (χ1) is 17.9. The molecule has 0 fully saturated rings. The van der Waals surface area contributed by atoms with Crippen LogP contribution in [0, 0.1) is 5.82 Å². The van der Waals surface area contributed by atoms with Crippen LogP contribution in [0.1, 0.15) is 5.56 Å². The van der Waals surface area contributed by atoms with Crippen LogP contribution in [0.5, 0.6) is 0 Å². The van der Waals surface area contributed by atoms with Gasteiger partial charge in [0.05, 0.1) is 24.5 Å². The van der Waals surface area contributed by atoms with E-state index in [4.69, 9.17) is 14.9 Å². The van der Waals surface area contributed by atoms with Gasteiger partial charge in [0.25, 0.3) is 16.7 Å². The van der Waals surface area contributed by atoms with Gasteiger partial charge in [0.2, 0.25) is 5.91 Å². The molecule has 13 heteroatoms. The maximum atomic E-state index is 14.0. The Morgan fingerprint density at radius 2 is 1.89 bits per heavy atom. The summed E-state index contributed by atoms with van der Waals surface area (Å²) < 4.78 is 25.8. The molecule has 0 saturated carbocycles. The van der Waals surface area contributed by atoms with Crippen molar-refractivity contribution in [3.05, 3.63) is 86.8 Å². The number of ether oxygens (including phenoxy) is 1. The number of nitrogens with one attached hydrogen (secondary N) is 1. The Bertz CT molecular complexity index is 1500. The molecule has 37 heavy (non-hydrogen) atoms. The van der Waals surface area contributed by atoms with Crippen molar-refractivity contribution in [2.24, 2.45) is 0 Å². The van der Waals surface area contributed by atoms with Gasteiger partial charge >= 0.3 is 5.69 Å².